The molecule has 0 saturated carbocycles. The van der Waals surface area contributed by atoms with Gasteiger partial charge in [-0.25, -0.2) is 12.8 Å². The van der Waals surface area contributed by atoms with Crippen LogP contribution in [0.4, 0.5) is 10.1 Å². The zero-order valence-corrected chi connectivity index (χ0v) is 26.4. The maximum absolute atomic E-state index is 14.4. The third-order valence-electron chi connectivity index (χ3n) is 7.33. The molecule has 2 amide bonds. The Morgan fingerprint density at radius 2 is 1.53 bits per heavy atom. The van der Waals surface area contributed by atoms with Crippen molar-refractivity contribution in [1.29, 1.82) is 0 Å². The third-order valence-corrected chi connectivity index (χ3v) is 9.10. The summed E-state index contributed by atoms with van der Waals surface area (Å²) in [4.78, 5) is 29.1. The Balaban J connectivity index is 1.85. The fourth-order valence-electron chi connectivity index (χ4n) is 4.85. The predicted octanol–water partition coefficient (Wildman–Crippen LogP) is 4.73. The van der Waals surface area contributed by atoms with Gasteiger partial charge in [0.15, 0.2) is 0 Å². The van der Waals surface area contributed by atoms with Crippen LogP contribution in [0.5, 0.6) is 11.5 Å². The summed E-state index contributed by atoms with van der Waals surface area (Å²) in [5.74, 6) is -1.02. The number of carbonyl (C=O) groups is 2. The number of ether oxygens (including phenoxy) is 2. The fourth-order valence-corrected chi connectivity index (χ4v) is 6.27. The average molecular weight is 634 g/mol. The first kappa shape index (κ1) is 33.0. The maximum Gasteiger partial charge on any atom is 0.264 e. The van der Waals surface area contributed by atoms with E-state index in [-0.39, 0.29) is 29.3 Å². The Hall–Kier alpha value is -4.90. The summed E-state index contributed by atoms with van der Waals surface area (Å²) in [5, 5.41) is 2.63. The second-order valence-electron chi connectivity index (χ2n) is 10.3. The van der Waals surface area contributed by atoms with Crippen LogP contribution < -0.4 is 19.1 Å². The Morgan fingerprint density at radius 1 is 0.867 bits per heavy atom. The molecule has 0 bridgehead atoms. The highest BCUT2D eigenvalue weighted by Gasteiger charge is 2.35. The summed E-state index contributed by atoms with van der Waals surface area (Å²) in [5.41, 5.74) is 2.28. The van der Waals surface area contributed by atoms with E-state index in [1.165, 1.54) is 68.6 Å². The lowest BCUT2D eigenvalue weighted by molar-refractivity contribution is -0.139. The smallest absolute Gasteiger partial charge is 0.264 e. The van der Waals surface area contributed by atoms with E-state index in [1.54, 1.807) is 24.3 Å². The minimum absolute atomic E-state index is 0.0389. The van der Waals surface area contributed by atoms with Crippen LogP contribution >= 0.6 is 0 Å². The van der Waals surface area contributed by atoms with Gasteiger partial charge < -0.3 is 19.7 Å². The topological polar surface area (TPSA) is 105 Å². The van der Waals surface area contributed by atoms with Crippen LogP contribution in [-0.2, 0) is 32.6 Å². The highest BCUT2D eigenvalue weighted by atomic mass is 32.2. The number of amides is 2. The molecule has 11 heteroatoms. The first-order valence-corrected chi connectivity index (χ1v) is 15.6. The largest absolute Gasteiger partial charge is 0.497 e. The molecule has 4 aromatic carbocycles. The van der Waals surface area contributed by atoms with E-state index in [9.17, 15) is 22.4 Å². The molecular formula is C34H36FN3O6S. The number of sulfonamides is 1. The van der Waals surface area contributed by atoms with E-state index < -0.39 is 40.2 Å². The molecule has 4 rings (SSSR count). The second kappa shape index (κ2) is 14.7. The minimum Gasteiger partial charge on any atom is -0.497 e. The number of halogens is 1. The molecule has 9 nitrogen and oxygen atoms in total. The highest BCUT2D eigenvalue weighted by Crippen LogP contribution is 2.36. The molecular weight excluding hydrogens is 597 g/mol. The van der Waals surface area contributed by atoms with E-state index in [1.807, 2.05) is 37.3 Å². The van der Waals surface area contributed by atoms with Crippen molar-refractivity contribution in [2.75, 3.05) is 32.1 Å². The molecule has 0 aliphatic heterocycles. The molecule has 0 aromatic heterocycles. The predicted molar refractivity (Wildman–Crippen MR) is 170 cm³/mol. The monoisotopic (exact) mass is 633 g/mol. The van der Waals surface area contributed by atoms with Gasteiger partial charge in [-0.1, -0.05) is 60.2 Å². The summed E-state index contributed by atoms with van der Waals surface area (Å²) < 4.78 is 54.1. The fraction of sp³-hybridized carbons (Fsp3) is 0.235. The quantitative estimate of drug-likeness (QED) is 0.228. The summed E-state index contributed by atoms with van der Waals surface area (Å²) in [6, 6.07) is 24.6. The number of carbonyl (C=O) groups excluding carboxylic acids is 2. The number of rotatable bonds is 13. The molecule has 236 valence electrons. The molecule has 0 saturated heterocycles. The van der Waals surface area contributed by atoms with Crippen LogP contribution in [0.15, 0.2) is 102 Å². The third kappa shape index (κ3) is 7.98. The molecule has 0 heterocycles. The van der Waals surface area contributed by atoms with E-state index >= 15 is 0 Å². The Kier molecular flexibility index (Phi) is 10.8. The number of likely N-dealkylation sites (N-methyl/N-ethyl adjacent to an activating group) is 1. The first-order chi connectivity index (χ1) is 21.6. The Bertz CT molecular complexity index is 1720. The second-order valence-corrected chi connectivity index (χ2v) is 12.2. The normalized spacial score (nSPS) is 11.8. The van der Waals surface area contributed by atoms with Gasteiger partial charge in [-0.3, -0.25) is 13.9 Å². The SMILES string of the molecule is CNC(=O)C(Cc1ccccc1)N(Cc1ccc(F)cc1)C(=O)CN(c1cc(OC)ccc1OC)S(=O)(=O)c1ccc(C)cc1. The van der Waals surface area contributed by atoms with Gasteiger partial charge in [-0.2, -0.15) is 0 Å². The van der Waals surface area contributed by atoms with Crippen LogP contribution in [0.3, 0.4) is 0 Å². The molecule has 0 radical (unpaired) electrons. The van der Waals surface area contributed by atoms with Crippen molar-refractivity contribution < 1.29 is 31.9 Å². The van der Waals surface area contributed by atoms with Crippen LogP contribution in [0.25, 0.3) is 0 Å². The highest BCUT2D eigenvalue weighted by molar-refractivity contribution is 7.92. The minimum atomic E-state index is -4.35. The molecule has 0 spiro atoms. The summed E-state index contributed by atoms with van der Waals surface area (Å²) >= 11 is 0. The van der Waals surface area contributed by atoms with Crippen LogP contribution in [0, 0.1) is 12.7 Å². The zero-order chi connectivity index (χ0) is 32.6. The maximum atomic E-state index is 14.4. The lowest BCUT2D eigenvalue weighted by Crippen LogP contribution is -2.53. The van der Waals surface area contributed by atoms with Gasteiger partial charge in [0.2, 0.25) is 11.8 Å². The molecule has 1 N–H and O–H groups in total. The molecule has 0 aliphatic carbocycles. The number of nitrogens with one attached hydrogen (secondary N) is 1. The van der Waals surface area contributed by atoms with E-state index in [4.69, 9.17) is 9.47 Å². The van der Waals surface area contributed by atoms with E-state index in [2.05, 4.69) is 5.32 Å². The molecule has 0 aliphatic rings. The zero-order valence-electron chi connectivity index (χ0n) is 25.6. The number of nitrogens with zero attached hydrogens (tertiary/aromatic N) is 2. The van der Waals surface area contributed by atoms with Crippen molar-refractivity contribution in [3.8, 4) is 11.5 Å². The first-order valence-electron chi connectivity index (χ1n) is 14.2. The summed E-state index contributed by atoms with van der Waals surface area (Å²) in [7, 11) is -0.0404. The molecule has 4 aromatic rings. The van der Waals surface area contributed by atoms with Crippen molar-refractivity contribution in [2.45, 2.75) is 30.8 Å². The summed E-state index contributed by atoms with van der Waals surface area (Å²) in [6.45, 7) is 1.07. The Labute approximate surface area is 263 Å². The lowest BCUT2D eigenvalue weighted by Gasteiger charge is -2.34. The average Bonchev–Trinajstić information content (AvgIpc) is 3.05. The van der Waals surface area contributed by atoms with Crippen LogP contribution in [0.2, 0.25) is 0 Å². The molecule has 0 fully saturated rings. The molecule has 45 heavy (non-hydrogen) atoms. The van der Waals surface area contributed by atoms with Gasteiger partial charge in [0.1, 0.15) is 29.9 Å². The standard InChI is InChI=1S/C34H36FN3O6S/c1-24-10-17-29(18-11-24)45(41,42)38(30-21-28(43-3)16-19-32(30)44-4)23-33(39)37(22-26-12-14-27(35)15-13-26)31(34(40)36-2)20-25-8-6-5-7-9-25/h5-19,21,31H,20,22-23H2,1-4H3,(H,36,40). The van der Waals surface area contributed by atoms with Crippen molar-refractivity contribution in [3.63, 3.8) is 0 Å². The van der Waals surface area contributed by atoms with Gasteiger partial charge in [0, 0.05) is 26.1 Å². The van der Waals surface area contributed by atoms with Gasteiger partial charge in [-0.05, 0) is 54.4 Å². The van der Waals surface area contributed by atoms with Crippen molar-refractivity contribution in [2.24, 2.45) is 0 Å². The number of hydrogen-bond donors (Lipinski definition) is 1. The number of anilines is 1. The number of hydrogen-bond acceptors (Lipinski definition) is 6. The van der Waals surface area contributed by atoms with Crippen molar-refractivity contribution in [1.82, 2.24) is 10.2 Å². The van der Waals surface area contributed by atoms with Gasteiger partial charge in [-0.15, -0.1) is 0 Å². The van der Waals surface area contributed by atoms with Crippen molar-refractivity contribution in [3.05, 3.63) is 120 Å². The number of benzene rings is 4. The number of aryl methyl sites for hydroxylation is 1. The number of methoxy groups -OCH3 is 2. The Morgan fingerprint density at radius 3 is 2.13 bits per heavy atom. The van der Waals surface area contributed by atoms with Gasteiger partial charge in [0.05, 0.1) is 24.8 Å². The van der Waals surface area contributed by atoms with Gasteiger partial charge in [0.25, 0.3) is 10.0 Å². The van der Waals surface area contributed by atoms with Gasteiger partial charge >= 0.3 is 0 Å². The lowest BCUT2D eigenvalue weighted by atomic mass is 10.0. The van der Waals surface area contributed by atoms with Crippen LogP contribution in [0.1, 0.15) is 16.7 Å². The molecule has 1 atom stereocenters. The van der Waals surface area contributed by atoms with E-state index in [0.717, 1.165) is 15.4 Å². The van der Waals surface area contributed by atoms with Crippen LogP contribution in [-0.4, -0.2) is 59.0 Å². The van der Waals surface area contributed by atoms with E-state index in [0.29, 0.717) is 11.3 Å². The summed E-state index contributed by atoms with van der Waals surface area (Å²) in [6.07, 6.45) is 0.153. The molecule has 1 unspecified atom stereocenters. The van der Waals surface area contributed by atoms with Crippen molar-refractivity contribution >= 4 is 27.5 Å².